The van der Waals surface area contributed by atoms with E-state index in [2.05, 4.69) is 13.8 Å². The lowest BCUT2D eigenvalue weighted by molar-refractivity contribution is -0.0525. The Balaban J connectivity index is 3.45. The summed E-state index contributed by atoms with van der Waals surface area (Å²) in [5.74, 6) is 0. The van der Waals surface area contributed by atoms with Crippen molar-refractivity contribution in [2.24, 2.45) is 0 Å². The molecule has 0 radical (unpaired) electrons. The Hall–Kier alpha value is -0.120. The number of hydrogen-bond donors (Lipinski definition) is 0. The lowest BCUT2D eigenvalue weighted by Crippen LogP contribution is -2.26. The molecule has 0 aromatic heterocycles. The van der Waals surface area contributed by atoms with E-state index in [1.54, 1.807) is 7.11 Å². The van der Waals surface area contributed by atoms with Crippen LogP contribution in [-0.4, -0.2) is 39.6 Å². The summed E-state index contributed by atoms with van der Waals surface area (Å²) in [4.78, 5) is 0. The summed E-state index contributed by atoms with van der Waals surface area (Å²) in [5.41, 5.74) is 0. The maximum absolute atomic E-state index is 5.81. The maximum Gasteiger partial charge on any atom is 0.104 e. The molecule has 0 aliphatic carbocycles. The van der Waals surface area contributed by atoms with Crippen LogP contribution < -0.4 is 0 Å². The molecule has 0 bridgehead atoms. The van der Waals surface area contributed by atoms with Gasteiger partial charge in [0.25, 0.3) is 0 Å². The van der Waals surface area contributed by atoms with Gasteiger partial charge < -0.3 is 14.2 Å². The molecule has 3 heteroatoms. The fourth-order valence-electron chi connectivity index (χ4n) is 1.95. The first kappa shape index (κ1) is 18.9. The molecule has 0 heterocycles. The molecule has 0 saturated heterocycles. The van der Waals surface area contributed by atoms with Crippen molar-refractivity contribution in [3.8, 4) is 0 Å². The van der Waals surface area contributed by atoms with Crippen molar-refractivity contribution in [3.63, 3.8) is 0 Å². The van der Waals surface area contributed by atoms with Gasteiger partial charge in [-0.1, -0.05) is 52.4 Å². The Morgan fingerprint density at radius 3 is 1.95 bits per heavy atom. The molecule has 1 atom stereocenters. The zero-order chi connectivity index (χ0) is 14.2. The van der Waals surface area contributed by atoms with Crippen LogP contribution in [0.1, 0.15) is 65.2 Å². The van der Waals surface area contributed by atoms with Crippen molar-refractivity contribution >= 4 is 0 Å². The Morgan fingerprint density at radius 2 is 1.37 bits per heavy atom. The third-order valence-corrected chi connectivity index (χ3v) is 3.15. The zero-order valence-electron chi connectivity index (χ0n) is 13.3. The lowest BCUT2D eigenvalue weighted by Gasteiger charge is -2.17. The van der Waals surface area contributed by atoms with Crippen LogP contribution in [0.5, 0.6) is 0 Å². The van der Waals surface area contributed by atoms with Crippen molar-refractivity contribution in [3.05, 3.63) is 0 Å². The highest BCUT2D eigenvalue weighted by molar-refractivity contribution is 4.55. The second-order valence-electron chi connectivity index (χ2n) is 5.14. The van der Waals surface area contributed by atoms with E-state index >= 15 is 0 Å². The highest BCUT2D eigenvalue weighted by atomic mass is 16.6. The van der Waals surface area contributed by atoms with Crippen LogP contribution in [-0.2, 0) is 14.2 Å². The molecule has 0 amide bonds. The van der Waals surface area contributed by atoms with Crippen molar-refractivity contribution in [1.82, 2.24) is 0 Å². The molecule has 19 heavy (non-hydrogen) atoms. The minimum Gasteiger partial charge on any atom is -0.382 e. The molecule has 0 fully saturated rings. The Labute approximate surface area is 120 Å². The molecule has 0 aromatic rings. The van der Waals surface area contributed by atoms with Crippen LogP contribution in [0.25, 0.3) is 0 Å². The quantitative estimate of drug-likeness (QED) is 0.419. The first-order valence-electron chi connectivity index (χ1n) is 8.03. The molecule has 1 unspecified atom stereocenters. The van der Waals surface area contributed by atoms with E-state index < -0.39 is 0 Å². The minimum absolute atomic E-state index is 0.0952. The van der Waals surface area contributed by atoms with Gasteiger partial charge in [-0.3, -0.25) is 0 Å². The molecule has 3 nitrogen and oxygen atoms in total. The van der Waals surface area contributed by atoms with E-state index in [1.165, 1.54) is 38.5 Å². The molecule has 0 rings (SSSR count). The van der Waals surface area contributed by atoms with Crippen molar-refractivity contribution in [1.29, 1.82) is 0 Å². The summed E-state index contributed by atoms with van der Waals surface area (Å²) in [6.07, 6.45) is 10.1. The topological polar surface area (TPSA) is 27.7 Å². The Morgan fingerprint density at radius 1 is 0.737 bits per heavy atom. The number of methoxy groups -OCH3 is 1. The maximum atomic E-state index is 5.81. The lowest BCUT2D eigenvalue weighted by atomic mass is 10.2. The normalized spacial score (nSPS) is 12.8. The standard InChI is InChI=1S/C16H34O3/c1-4-6-8-10-12-18-15-16(14-17-3)19-13-11-9-7-5-2/h16H,4-15H2,1-3H3. The zero-order valence-corrected chi connectivity index (χ0v) is 13.3. The van der Waals surface area contributed by atoms with Crippen molar-refractivity contribution < 1.29 is 14.2 Å². The average molecular weight is 274 g/mol. The summed E-state index contributed by atoms with van der Waals surface area (Å²) >= 11 is 0. The minimum atomic E-state index is 0.0952. The van der Waals surface area contributed by atoms with Gasteiger partial charge >= 0.3 is 0 Å². The van der Waals surface area contributed by atoms with Gasteiger partial charge in [0.1, 0.15) is 6.10 Å². The number of unbranched alkanes of at least 4 members (excludes halogenated alkanes) is 6. The number of hydrogen-bond acceptors (Lipinski definition) is 3. The first-order chi connectivity index (χ1) is 9.35. The summed E-state index contributed by atoms with van der Waals surface area (Å²) in [6, 6.07) is 0. The molecular weight excluding hydrogens is 240 g/mol. The van der Waals surface area contributed by atoms with Crippen LogP contribution >= 0.6 is 0 Å². The molecule has 0 saturated carbocycles. The van der Waals surface area contributed by atoms with Gasteiger partial charge in [0.05, 0.1) is 13.2 Å². The van der Waals surface area contributed by atoms with E-state index in [-0.39, 0.29) is 6.10 Å². The fraction of sp³-hybridized carbons (Fsp3) is 1.00. The summed E-state index contributed by atoms with van der Waals surface area (Å²) in [7, 11) is 1.72. The number of ether oxygens (including phenoxy) is 3. The van der Waals surface area contributed by atoms with E-state index in [0.29, 0.717) is 13.2 Å². The Kier molecular flexibility index (Phi) is 15.8. The van der Waals surface area contributed by atoms with E-state index in [9.17, 15) is 0 Å². The van der Waals surface area contributed by atoms with Crippen LogP contribution in [0.15, 0.2) is 0 Å². The van der Waals surface area contributed by atoms with E-state index in [4.69, 9.17) is 14.2 Å². The monoisotopic (exact) mass is 274 g/mol. The van der Waals surface area contributed by atoms with Gasteiger partial charge in [-0.05, 0) is 12.8 Å². The van der Waals surface area contributed by atoms with Crippen LogP contribution in [0, 0.1) is 0 Å². The summed E-state index contributed by atoms with van der Waals surface area (Å²) in [5, 5.41) is 0. The largest absolute Gasteiger partial charge is 0.382 e. The molecule has 0 aliphatic heterocycles. The van der Waals surface area contributed by atoms with Gasteiger partial charge in [-0.15, -0.1) is 0 Å². The van der Waals surface area contributed by atoms with Crippen LogP contribution in [0.3, 0.4) is 0 Å². The van der Waals surface area contributed by atoms with Crippen molar-refractivity contribution in [2.45, 2.75) is 71.3 Å². The van der Waals surface area contributed by atoms with Gasteiger partial charge in [0, 0.05) is 20.3 Å². The second kappa shape index (κ2) is 15.9. The highest BCUT2D eigenvalue weighted by Gasteiger charge is 2.08. The van der Waals surface area contributed by atoms with Gasteiger partial charge in [-0.2, -0.15) is 0 Å². The second-order valence-corrected chi connectivity index (χ2v) is 5.14. The third kappa shape index (κ3) is 14.1. The van der Waals surface area contributed by atoms with Crippen LogP contribution in [0.4, 0.5) is 0 Å². The SMILES string of the molecule is CCCCCCOCC(COC)OCCCCCC. The first-order valence-corrected chi connectivity index (χ1v) is 8.03. The molecule has 0 aromatic carbocycles. The predicted octanol–water partition coefficient (Wildman–Crippen LogP) is 4.20. The van der Waals surface area contributed by atoms with Crippen LogP contribution in [0.2, 0.25) is 0 Å². The fourth-order valence-corrected chi connectivity index (χ4v) is 1.95. The third-order valence-electron chi connectivity index (χ3n) is 3.15. The molecule has 0 aliphatic rings. The summed E-state index contributed by atoms with van der Waals surface area (Å²) < 4.78 is 16.6. The highest BCUT2D eigenvalue weighted by Crippen LogP contribution is 2.03. The van der Waals surface area contributed by atoms with E-state index in [0.717, 1.165) is 26.1 Å². The van der Waals surface area contributed by atoms with Crippen molar-refractivity contribution in [2.75, 3.05) is 33.5 Å². The predicted molar refractivity (Wildman–Crippen MR) is 80.7 cm³/mol. The number of rotatable bonds is 15. The molecule has 0 spiro atoms. The van der Waals surface area contributed by atoms with Gasteiger partial charge in [0.15, 0.2) is 0 Å². The summed E-state index contributed by atoms with van der Waals surface area (Å²) in [6.45, 7) is 7.41. The smallest absolute Gasteiger partial charge is 0.104 e. The van der Waals surface area contributed by atoms with Gasteiger partial charge in [-0.25, -0.2) is 0 Å². The molecule has 0 N–H and O–H groups in total. The molecule has 116 valence electrons. The average Bonchev–Trinajstić information content (AvgIpc) is 2.42. The molecular formula is C16H34O3. The Bertz CT molecular complexity index is 162. The van der Waals surface area contributed by atoms with Gasteiger partial charge in [0.2, 0.25) is 0 Å². The van der Waals surface area contributed by atoms with E-state index in [1.807, 2.05) is 0 Å².